The molecule has 1 amide bonds. The molecule has 2 rings (SSSR count). The molecule has 0 spiro atoms. The number of carbonyl (C=O) groups is 1. The fourth-order valence-corrected chi connectivity index (χ4v) is 3.63. The summed E-state index contributed by atoms with van der Waals surface area (Å²) >= 11 is 0. The number of methoxy groups -OCH3 is 1. The Balaban J connectivity index is 2.11. The highest BCUT2D eigenvalue weighted by molar-refractivity contribution is 5.85. The Morgan fingerprint density at radius 3 is 2.94 bits per heavy atom. The van der Waals surface area contributed by atoms with Crippen molar-refractivity contribution in [3.63, 3.8) is 0 Å². The summed E-state index contributed by atoms with van der Waals surface area (Å²) in [5.41, 5.74) is 5.29. The topological polar surface area (TPSA) is 67.6 Å². The molecule has 0 aromatic heterocycles. The first-order valence-corrected chi connectivity index (χ1v) is 6.88. The third kappa shape index (κ3) is 2.27. The maximum absolute atomic E-state index is 11.9. The summed E-state index contributed by atoms with van der Waals surface area (Å²) < 4.78 is 5.49. The molecule has 2 aliphatic heterocycles. The first kappa shape index (κ1) is 13.8. The van der Waals surface area contributed by atoms with Gasteiger partial charge >= 0.3 is 0 Å². The molecule has 2 saturated heterocycles. The van der Waals surface area contributed by atoms with E-state index in [0.29, 0.717) is 6.04 Å². The third-order valence-corrected chi connectivity index (χ3v) is 4.63. The van der Waals surface area contributed by atoms with Crippen molar-refractivity contribution in [3.05, 3.63) is 0 Å². The predicted octanol–water partition coefficient (Wildman–Crippen LogP) is 0.0932. The summed E-state index contributed by atoms with van der Waals surface area (Å²) in [6.07, 6.45) is 5.35. The number of nitrogens with one attached hydrogen (secondary N) is 1. The highest BCUT2D eigenvalue weighted by Gasteiger charge is 2.52. The smallest absolute Gasteiger partial charge is 0.237 e. The molecule has 0 radical (unpaired) electrons. The van der Waals surface area contributed by atoms with Crippen LogP contribution in [0.3, 0.4) is 0 Å². The SMILES string of the molecule is CNCC(CN1[C@@H]2CCC[C@@]1(C(N)=O)CC2)OC. The van der Waals surface area contributed by atoms with Crippen molar-refractivity contribution < 1.29 is 9.53 Å². The van der Waals surface area contributed by atoms with E-state index in [1.54, 1.807) is 7.11 Å². The minimum Gasteiger partial charge on any atom is -0.379 e. The van der Waals surface area contributed by atoms with Gasteiger partial charge in [0.1, 0.15) is 5.54 Å². The van der Waals surface area contributed by atoms with Crippen molar-refractivity contribution in [2.75, 3.05) is 27.2 Å². The van der Waals surface area contributed by atoms with Gasteiger partial charge in [0, 0.05) is 26.2 Å². The number of likely N-dealkylation sites (N-methyl/N-ethyl adjacent to an activating group) is 1. The number of nitrogens with two attached hydrogens (primary N) is 1. The van der Waals surface area contributed by atoms with Gasteiger partial charge in [0.15, 0.2) is 0 Å². The molecule has 18 heavy (non-hydrogen) atoms. The van der Waals surface area contributed by atoms with Crippen molar-refractivity contribution in [2.45, 2.75) is 49.8 Å². The molecule has 0 aliphatic carbocycles. The Kier molecular flexibility index (Phi) is 4.25. The zero-order valence-electron chi connectivity index (χ0n) is 11.4. The molecule has 2 fully saturated rings. The molecule has 0 aromatic carbocycles. The summed E-state index contributed by atoms with van der Waals surface area (Å²) in [4.78, 5) is 14.2. The molecule has 104 valence electrons. The van der Waals surface area contributed by atoms with Gasteiger partial charge in [-0.1, -0.05) is 0 Å². The van der Waals surface area contributed by atoms with E-state index < -0.39 is 5.54 Å². The summed E-state index contributed by atoms with van der Waals surface area (Å²) in [7, 11) is 3.64. The number of rotatable bonds is 6. The van der Waals surface area contributed by atoms with E-state index in [4.69, 9.17) is 10.5 Å². The maximum Gasteiger partial charge on any atom is 0.237 e. The lowest BCUT2D eigenvalue weighted by molar-refractivity contribution is -0.133. The molecular formula is C13H25N3O2. The molecule has 2 aliphatic rings. The Morgan fingerprint density at radius 1 is 1.56 bits per heavy atom. The lowest BCUT2D eigenvalue weighted by Crippen LogP contribution is -2.60. The Labute approximate surface area is 109 Å². The number of carbonyl (C=O) groups excluding carboxylic acids is 1. The Morgan fingerprint density at radius 2 is 2.33 bits per heavy atom. The first-order chi connectivity index (χ1) is 8.64. The number of hydrogen-bond donors (Lipinski definition) is 2. The van der Waals surface area contributed by atoms with Crippen LogP contribution in [0.4, 0.5) is 0 Å². The van der Waals surface area contributed by atoms with Crippen LogP contribution >= 0.6 is 0 Å². The third-order valence-electron chi connectivity index (χ3n) is 4.63. The van der Waals surface area contributed by atoms with Crippen LogP contribution in [0.1, 0.15) is 32.1 Å². The number of nitrogens with zero attached hydrogens (tertiary/aromatic N) is 1. The van der Waals surface area contributed by atoms with Crippen molar-refractivity contribution in [1.29, 1.82) is 0 Å². The van der Waals surface area contributed by atoms with E-state index in [1.807, 2.05) is 7.05 Å². The molecule has 0 saturated carbocycles. The van der Waals surface area contributed by atoms with Crippen LogP contribution in [-0.2, 0) is 9.53 Å². The summed E-state index contributed by atoms with van der Waals surface area (Å²) in [5, 5.41) is 3.13. The van der Waals surface area contributed by atoms with Gasteiger partial charge in [0.2, 0.25) is 5.91 Å². The highest BCUT2D eigenvalue weighted by atomic mass is 16.5. The van der Waals surface area contributed by atoms with E-state index in [9.17, 15) is 4.79 Å². The van der Waals surface area contributed by atoms with Crippen molar-refractivity contribution in [3.8, 4) is 0 Å². The maximum atomic E-state index is 11.9. The van der Waals surface area contributed by atoms with E-state index in [2.05, 4.69) is 10.2 Å². The van der Waals surface area contributed by atoms with Gasteiger partial charge in [-0.25, -0.2) is 0 Å². The number of fused-ring (bicyclic) bond motifs is 2. The molecule has 5 nitrogen and oxygen atoms in total. The van der Waals surface area contributed by atoms with Crippen LogP contribution in [0.5, 0.6) is 0 Å². The normalized spacial score (nSPS) is 33.6. The monoisotopic (exact) mass is 255 g/mol. The fraction of sp³-hybridized carbons (Fsp3) is 0.923. The Hall–Kier alpha value is -0.650. The number of hydrogen-bond acceptors (Lipinski definition) is 4. The first-order valence-electron chi connectivity index (χ1n) is 6.88. The second-order valence-corrected chi connectivity index (χ2v) is 5.55. The van der Waals surface area contributed by atoms with Gasteiger partial charge in [-0.2, -0.15) is 0 Å². The number of piperidine rings is 1. The summed E-state index contributed by atoms with van der Waals surface area (Å²) in [5.74, 6) is -0.149. The molecule has 3 atom stereocenters. The van der Waals surface area contributed by atoms with Crippen LogP contribution in [0.15, 0.2) is 0 Å². The minimum atomic E-state index is -0.395. The quantitative estimate of drug-likeness (QED) is 0.706. The average Bonchev–Trinajstić information content (AvgIpc) is 2.57. The van der Waals surface area contributed by atoms with Gasteiger partial charge in [0.05, 0.1) is 6.10 Å². The van der Waals surface area contributed by atoms with Gasteiger partial charge in [-0.05, 0) is 39.2 Å². The highest BCUT2D eigenvalue weighted by Crippen LogP contribution is 2.43. The summed E-state index contributed by atoms with van der Waals surface area (Å²) in [6.45, 7) is 1.60. The van der Waals surface area contributed by atoms with E-state index in [0.717, 1.165) is 38.8 Å². The van der Waals surface area contributed by atoms with Crippen molar-refractivity contribution in [2.24, 2.45) is 5.73 Å². The van der Waals surface area contributed by atoms with Crippen molar-refractivity contribution >= 4 is 5.91 Å². The number of primary amides is 1. The lowest BCUT2D eigenvalue weighted by Gasteiger charge is -2.44. The van der Waals surface area contributed by atoms with Crippen LogP contribution in [0.25, 0.3) is 0 Å². The lowest BCUT2D eigenvalue weighted by atomic mass is 9.87. The molecule has 1 unspecified atom stereocenters. The van der Waals surface area contributed by atoms with Crippen LogP contribution in [0, 0.1) is 0 Å². The largest absolute Gasteiger partial charge is 0.379 e. The minimum absolute atomic E-state index is 0.118. The van der Waals surface area contributed by atoms with Crippen LogP contribution in [0.2, 0.25) is 0 Å². The summed E-state index contributed by atoms with van der Waals surface area (Å²) in [6, 6.07) is 0.515. The molecule has 0 aromatic rings. The average molecular weight is 255 g/mol. The van der Waals surface area contributed by atoms with Gasteiger partial charge in [-0.15, -0.1) is 0 Å². The van der Waals surface area contributed by atoms with E-state index in [1.165, 1.54) is 6.42 Å². The molecule has 5 heteroatoms. The van der Waals surface area contributed by atoms with E-state index >= 15 is 0 Å². The molecule has 2 bridgehead atoms. The standard InChI is InChI=1S/C13H25N3O2/c1-15-8-11(18-2)9-16-10-4-3-6-13(16,7-5-10)12(14)17/h10-11,15H,3-9H2,1-2H3,(H2,14,17)/t10-,11?,13+/m1/s1. The molecule has 2 heterocycles. The van der Waals surface area contributed by atoms with Gasteiger partial charge in [0.25, 0.3) is 0 Å². The zero-order valence-corrected chi connectivity index (χ0v) is 11.4. The van der Waals surface area contributed by atoms with Gasteiger partial charge < -0.3 is 15.8 Å². The van der Waals surface area contributed by atoms with Crippen LogP contribution < -0.4 is 11.1 Å². The van der Waals surface area contributed by atoms with Gasteiger partial charge in [-0.3, -0.25) is 9.69 Å². The number of amides is 1. The second kappa shape index (κ2) is 5.55. The zero-order chi connectivity index (χ0) is 13.2. The fourth-order valence-electron chi connectivity index (χ4n) is 3.63. The Bertz CT molecular complexity index is 307. The molecule has 3 N–H and O–H groups in total. The molecular weight excluding hydrogens is 230 g/mol. The van der Waals surface area contributed by atoms with E-state index in [-0.39, 0.29) is 12.0 Å². The van der Waals surface area contributed by atoms with Crippen LogP contribution in [-0.4, -0.2) is 55.7 Å². The number of ether oxygens (including phenoxy) is 1. The predicted molar refractivity (Wildman–Crippen MR) is 70.2 cm³/mol. The van der Waals surface area contributed by atoms with Crippen molar-refractivity contribution in [1.82, 2.24) is 10.2 Å². The second-order valence-electron chi connectivity index (χ2n) is 5.55.